The van der Waals surface area contributed by atoms with Crippen LogP contribution >= 0.6 is 0 Å². The third-order valence-electron chi connectivity index (χ3n) is 3.13. The summed E-state index contributed by atoms with van der Waals surface area (Å²) in [4.78, 5) is 17.3. The first-order valence-corrected chi connectivity index (χ1v) is 7.12. The monoisotopic (exact) mass is 319 g/mol. The van der Waals surface area contributed by atoms with Crippen molar-refractivity contribution >= 4 is 22.0 Å². The third-order valence-corrected chi connectivity index (χ3v) is 3.47. The maximum Gasteiger partial charge on any atom is 1.00 e. The van der Waals surface area contributed by atoms with Gasteiger partial charge in [0.15, 0.2) is 0 Å². The van der Waals surface area contributed by atoms with Crippen LogP contribution in [0.15, 0.2) is 30.6 Å². The standard InChI is InChI=1S/C11H11N3O5S.Na/c15-11-13-6-9(8-2-1-3-12-5-8)4-10(7-13)14(11)19-20(16,17)18;/h1-5,10H,6-7H2,(H,16,17,18);/q;+1/p-1. The van der Waals surface area contributed by atoms with Gasteiger partial charge in [-0.1, -0.05) is 12.1 Å². The van der Waals surface area contributed by atoms with Gasteiger partial charge in [0.2, 0.25) is 10.4 Å². The predicted octanol–water partition coefficient (Wildman–Crippen LogP) is -3.02. The van der Waals surface area contributed by atoms with Crippen LogP contribution in [0.1, 0.15) is 5.56 Å². The summed E-state index contributed by atoms with van der Waals surface area (Å²) in [6.45, 7) is 0.609. The van der Waals surface area contributed by atoms with Crippen molar-refractivity contribution in [1.29, 1.82) is 0 Å². The number of rotatable bonds is 3. The molecular weight excluding hydrogens is 309 g/mol. The number of hydroxylamine groups is 2. The molecule has 1 saturated heterocycles. The van der Waals surface area contributed by atoms with Gasteiger partial charge in [0, 0.05) is 25.5 Å². The van der Waals surface area contributed by atoms with Gasteiger partial charge in [-0.25, -0.2) is 13.2 Å². The van der Waals surface area contributed by atoms with E-state index in [9.17, 15) is 17.8 Å². The molecular formula is C11H10N3NaO5S. The van der Waals surface area contributed by atoms with Crippen molar-refractivity contribution in [2.24, 2.45) is 0 Å². The molecule has 2 aliphatic rings. The Labute approximate surface area is 143 Å². The summed E-state index contributed by atoms with van der Waals surface area (Å²) in [5, 5.41) is 0.603. The summed E-state index contributed by atoms with van der Waals surface area (Å²) in [5.41, 5.74) is 1.67. The molecule has 0 N–H and O–H groups in total. The normalized spacial score (nSPS) is 21.1. The fourth-order valence-corrected chi connectivity index (χ4v) is 2.70. The largest absolute Gasteiger partial charge is 1.00 e. The first-order chi connectivity index (χ1) is 9.44. The smallest absolute Gasteiger partial charge is 0.724 e. The molecule has 8 nitrogen and oxygen atoms in total. The number of hydrogen-bond donors (Lipinski definition) is 0. The van der Waals surface area contributed by atoms with Gasteiger partial charge in [-0.05, 0) is 17.2 Å². The maximum atomic E-state index is 11.9. The van der Waals surface area contributed by atoms with Crippen LogP contribution in [0, 0.1) is 0 Å². The number of hydrogen-bond acceptors (Lipinski definition) is 6. The molecule has 0 radical (unpaired) electrons. The van der Waals surface area contributed by atoms with E-state index in [-0.39, 0.29) is 36.1 Å². The van der Waals surface area contributed by atoms with Crippen molar-refractivity contribution in [3.8, 4) is 0 Å². The first kappa shape index (κ1) is 16.4. The van der Waals surface area contributed by atoms with Crippen molar-refractivity contribution in [2.75, 3.05) is 13.1 Å². The Balaban J connectivity index is 0.00000161. The van der Waals surface area contributed by atoms with Crippen LogP contribution in [-0.4, -0.2) is 53.1 Å². The van der Waals surface area contributed by atoms with Crippen LogP contribution in [0.5, 0.6) is 0 Å². The summed E-state index contributed by atoms with van der Waals surface area (Å²) in [5.74, 6) is 0. The van der Waals surface area contributed by atoms with Crippen LogP contribution in [-0.2, 0) is 14.7 Å². The van der Waals surface area contributed by atoms with Gasteiger partial charge in [0.1, 0.15) is 0 Å². The van der Waals surface area contributed by atoms with E-state index >= 15 is 0 Å². The van der Waals surface area contributed by atoms with Crippen molar-refractivity contribution in [3.63, 3.8) is 0 Å². The number of amides is 2. The molecule has 0 aromatic carbocycles. The molecule has 1 aromatic heterocycles. The number of urea groups is 1. The Morgan fingerprint density at radius 2 is 2.19 bits per heavy atom. The molecule has 0 saturated carbocycles. The van der Waals surface area contributed by atoms with Gasteiger partial charge >= 0.3 is 35.6 Å². The summed E-state index contributed by atoms with van der Waals surface area (Å²) < 4.78 is 36.2. The fourth-order valence-electron chi connectivity index (χ4n) is 2.33. The van der Waals surface area contributed by atoms with Crippen molar-refractivity contribution in [3.05, 3.63) is 36.2 Å². The van der Waals surface area contributed by atoms with E-state index in [0.29, 0.717) is 11.6 Å². The van der Waals surface area contributed by atoms with E-state index in [1.807, 2.05) is 6.07 Å². The number of fused-ring (bicyclic) bond motifs is 2. The van der Waals surface area contributed by atoms with Crippen molar-refractivity contribution in [2.45, 2.75) is 6.04 Å². The Hall–Kier alpha value is -0.970. The molecule has 2 aliphatic heterocycles. The van der Waals surface area contributed by atoms with Crippen LogP contribution in [0.25, 0.3) is 5.57 Å². The van der Waals surface area contributed by atoms with Gasteiger partial charge in [-0.15, -0.1) is 0 Å². The quantitative estimate of drug-likeness (QED) is 0.334. The zero-order valence-corrected chi connectivity index (χ0v) is 14.0. The van der Waals surface area contributed by atoms with Gasteiger partial charge in [-0.2, -0.15) is 9.35 Å². The summed E-state index contributed by atoms with van der Waals surface area (Å²) in [7, 11) is -4.97. The summed E-state index contributed by atoms with van der Waals surface area (Å²) in [6.07, 6.45) is 4.99. The van der Waals surface area contributed by atoms with Crippen LogP contribution in [0.3, 0.4) is 0 Å². The molecule has 1 unspecified atom stereocenters. The van der Waals surface area contributed by atoms with E-state index in [1.54, 1.807) is 24.5 Å². The molecule has 3 rings (SSSR count). The minimum absolute atomic E-state index is 0. The van der Waals surface area contributed by atoms with E-state index in [0.717, 1.165) is 11.1 Å². The Bertz CT molecular complexity index is 678. The minimum Gasteiger partial charge on any atom is -0.724 e. The van der Waals surface area contributed by atoms with Crippen molar-refractivity contribution < 1.29 is 51.6 Å². The van der Waals surface area contributed by atoms with Crippen LogP contribution in [0.2, 0.25) is 0 Å². The molecule has 106 valence electrons. The molecule has 1 aromatic rings. The summed E-state index contributed by atoms with van der Waals surface area (Å²) >= 11 is 0. The second-order valence-electron chi connectivity index (χ2n) is 4.47. The van der Waals surface area contributed by atoms with Gasteiger partial charge in [0.05, 0.1) is 6.04 Å². The third kappa shape index (κ3) is 3.44. The molecule has 10 heteroatoms. The number of carbonyl (C=O) groups excluding carboxylic acids is 1. The summed E-state index contributed by atoms with van der Waals surface area (Å²) in [6, 6.07) is 2.37. The number of aromatic nitrogens is 1. The van der Waals surface area contributed by atoms with Gasteiger partial charge in [0.25, 0.3) is 0 Å². The number of pyridine rings is 1. The van der Waals surface area contributed by atoms with Crippen LogP contribution in [0.4, 0.5) is 4.79 Å². The molecule has 0 spiro atoms. The first-order valence-electron chi connectivity index (χ1n) is 5.79. The second-order valence-corrected chi connectivity index (χ2v) is 5.44. The van der Waals surface area contributed by atoms with Gasteiger partial charge in [-0.3, -0.25) is 4.98 Å². The van der Waals surface area contributed by atoms with Crippen molar-refractivity contribution in [1.82, 2.24) is 14.9 Å². The van der Waals surface area contributed by atoms with E-state index in [1.165, 1.54) is 4.90 Å². The van der Waals surface area contributed by atoms with Crippen LogP contribution < -0.4 is 29.6 Å². The molecule has 1 fully saturated rings. The van der Waals surface area contributed by atoms with E-state index in [2.05, 4.69) is 9.27 Å². The topological polar surface area (TPSA) is 103 Å². The maximum absolute atomic E-state index is 11.9. The van der Waals surface area contributed by atoms with Gasteiger partial charge < -0.3 is 9.45 Å². The zero-order valence-electron chi connectivity index (χ0n) is 11.2. The molecule has 21 heavy (non-hydrogen) atoms. The Morgan fingerprint density at radius 1 is 1.43 bits per heavy atom. The number of carbonyl (C=O) groups is 1. The molecule has 3 heterocycles. The molecule has 2 amide bonds. The molecule has 2 bridgehead atoms. The SMILES string of the molecule is O=C1N2CC(c3cccnc3)=CC(C2)N1OS(=O)(=O)[O-].[Na+]. The van der Waals surface area contributed by atoms with E-state index < -0.39 is 22.5 Å². The number of nitrogens with zero attached hydrogens (tertiary/aromatic N) is 3. The van der Waals surface area contributed by atoms with E-state index in [4.69, 9.17) is 0 Å². The average molecular weight is 319 g/mol. The second kappa shape index (κ2) is 6.03. The fraction of sp³-hybridized carbons (Fsp3) is 0.273. The molecule has 1 atom stereocenters. The Morgan fingerprint density at radius 3 is 2.81 bits per heavy atom. The average Bonchev–Trinajstić information content (AvgIpc) is 2.62. The zero-order chi connectivity index (χ0) is 14.3. The minimum atomic E-state index is -4.97. The molecule has 0 aliphatic carbocycles. The Kier molecular flexibility index (Phi) is 4.71. The predicted molar refractivity (Wildman–Crippen MR) is 65.6 cm³/mol.